The Labute approximate surface area is 163 Å². The first-order valence-electron chi connectivity index (χ1n) is 9.00. The molecule has 0 aliphatic rings. The van der Waals surface area contributed by atoms with Gasteiger partial charge in [0.2, 0.25) is 6.54 Å². The molecule has 0 aliphatic carbocycles. The number of nitro benzene ring substituents is 1. The molecule has 0 unspecified atom stereocenters. The summed E-state index contributed by atoms with van der Waals surface area (Å²) in [5.74, 6) is -0.313. The number of nitrogens with zero attached hydrogens (tertiary/aromatic N) is 2. The zero-order valence-electron chi connectivity index (χ0n) is 15.9. The molecule has 2 aromatic carbocycles. The fourth-order valence-electron chi connectivity index (χ4n) is 2.95. The number of amides is 1. The molecule has 0 spiro atoms. The molecule has 142 valence electrons. The first-order chi connectivity index (χ1) is 13.4. The van der Waals surface area contributed by atoms with E-state index in [1.54, 1.807) is 17.6 Å². The molecule has 1 amide bonds. The van der Waals surface area contributed by atoms with Crippen LogP contribution in [0.1, 0.15) is 22.3 Å². The SMILES string of the molecule is Cc1cc(NC(=O)C[n+]2ccc(Cc3ccccc3)cc2)c([N+](=O)[O-])cc1C. The van der Waals surface area contributed by atoms with Gasteiger partial charge in [-0.05, 0) is 48.6 Å². The average Bonchev–Trinajstić information content (AvgIpc) is 2.66. The molecule has 1 heterocycles. The summed E-state index contributed by atoms with van der Waals surface area (Å²) in [6, 6.07) is 17.2. The molecule has 0 radical (unpaired) electrons. The van der Waals surface area contributed by atoms with Gasteiger partial charge in [0.25, 0.3) is 11.6 Å². The van der Waals surface area contributed by atoms with Crippen molar-refractivity contribution >= 4 is 17.3 Å². The van der Waals surface area contributed by atoms with Gasteiger partial charge < -0.3 is 5.32 Å². The van der Waals surface area contributed by atoms with E-state index >= 15 is 0 Å². The van der Waals surface area contributed by atoms with E-state index in [1.807, 2.05) is 49.6 Å². The van der Waals surface area contributed by atoms with Crippen molar-refractivity contribution in [2.75, 3.05) is 5.32 Å². The zero-order chi connectivity index (χ0) is 20.1. The van der Waals surface area contributed by atoms with E-state index < -0.39 is 4.92 Å². The van der Waals surface area contributed by atoms with Gasteiger partial charge in [-0.25, -0.2) is 0 Å². The fraction of sp³-hybridized carbons (Fsp3) is 0.182. The second-order valence-electron chi connectivity index (χ2n) is 6.80. The first-order valence-corrected chi connectivity index (χ1v) is 9.00. The molecule has 3 aromatic rings. The van der Waals surface area contributed by atoms with Gasteiger partial charge in [-0.2, -0.15) is 4.57 Å². The van der Waals surface area contributed by atoms with E-state index in [-0.39, 0.29) is 23.8 Å². The highest BCUT2D eigenvalue weighted by molar-refractivity contribution is 5.92. The van der Waals surface area contributed by atoms with E-state index in [0.29, 0.717) is 0 Å². The van der Waals surface area contributed by atoms with Crippen LogP contribution in [0.5, 0.6) is 0 Å². The van der Waals surface area contributed by atoms with Crippen LogP contribution in [0.15, 0.2) is 67.0 Å². The molecule has 28 heavy (non-hydrogen) atoms. The van der Waals surface area contributed by atoms with Crippen LogP contribution in [-0.4, -0.2) is 10.8 Å². The summed E-state index contributed by atoms with van der Waals surface area (Å²) in [4.78, 5) is 23.2. The van der Waals surface area contributed by atoms with Crippen molar-refractivity contribution in [3.8, 4) is 0 Å². The molecule has 6 heteroatoms. The van der Waals surface area contributed by atoms with Gasteiger partial charge in [0, 0.05) is 18.2 Å². The third-order valence-electron chi connectivity index (χ3n) is 4.62. The number of benzene rings is 2. The summed E-state index contributed by atoms with van der Waals surface area (Å²) in [7, 11) is 0. The zero-order valence-corrected chi connectivity index (χ0v) is 15.9. The minimum atomic E-state index is -0.479. The first kappa shape index (κ1) is 19.2. The smallest absolute Gasteiger partial charge is 0.293 e. The van der Waals surface area contributed by atoms with Gasteiger partial charge in [-0.15, -0.1) is 0 Å². The number of anilines is 1. The van der Waals surface area contributed by atoms with Gasteiger partial charge in [-0.3, -0.25) is 14.9 Å². The van der Waals surface area contributed by atoms with Crippen LogP contribution in [-0.2, 0) is 17.8 Å². The molecular weight excluding hydrogens is 354 g/mol. The van der Waals surface area contributed by atoms with E-state index in [0.717, 1.165) is 23.1 Å². The lowest BCUT2D eigenvalue weighted by molar-refractivity contribution is -0.684. The van der Waals surface area contributed by atoms with E-state index in [2.05, 4.69) is 17.4 Å². The molecule has 0 fully saturated rings. The van der Waals surface area contributed by atoms with Crippen molar-refractivity contribution in [1.29, 1.82) is 0 Å². The third-order valence-corrected chi connectivity index (χ3v) is 4.62. The van der Waals surface area contributed by atoms with E-state index in [9.17, 15) is 14.9 Å². The Balaban J connectivity index is 1.67. The minimum Gasteiger partial charge on any atom is -0.315 e. The largest absolute Gasteiger partial charge is 0.315 e. The highest BCUT2D eigenvalue weighted by atomic mass is 16.6. The third kappa shape index (κ3) is 4.79. The van der Waals surface area contributed by atoms with Crippen molar-refractivity contribution in [1.82, 2.24) is 0 Å². The maximum absolute atomic E-state index is 12.4. The Morgan fingerprint density at radius 3 is 2.25 bits per heavy atom. The summed E-state index contributed by atoms with van der Waals surface area (Å²) < 4.78 is 1.75. The quantitative estimate of drug-likeness (QED) is 0.405. The molecule has 0 saturated carbocycles. The number of pyridine rings is 1. The second kappa shape index (κ2) is 8.43. The fourth-order valence-corrected chi connectivity index (χ4v) is 2.95. The number of nitro groups is 1. The van der Waals surface area contributed by atoms with Gasteiger partial charge in [0.15, 0.2) is 12.4 Å². The Morgan fingerprint density at radius 1 is 1.00 bits per heavy atom. The lowest BCUT2D eigenvalue weighted by atomic mass is 10.1. The molecular formula is C22H22N3O3+. The topological polar surface area (TPSA) is 76.1 Å². The number of hydrogen-bond donors (Lipinski definition) is 1. The van der Waals surface area contributed by atoms with Crippen molar-refractivity contribution in [3.05, 3.63) is 99.4 Å². The van der Waals surface area contributed by atoms with E-state index in [4.69, 9.17) is 0 Å². The predicted octanol–water partition coefficient (Wildman–Crippen LogP) is 3.73. The molecule has 3 rings (SSSR count). The van der Waals surface area contributed by atoms with Crippen molar-refractivity contribution in [2.45, 2.75) is 26.8 Å². The lowest BCUT2D eigenvalue weighted by Crippen LogP contribution is -2.39. The molecule has 0 saturated heterocycles. The molecule has 1 aromatic heterocycles. The maximum atomic E-state index is 12.4. The number of rotatable bonds is 6. The number of carbonyl (C=O) groups is 1. The van der Waals surface area contributed by atoms with Crippen molar-refractivity contribution < 1.29 is 14.3 Å². The van der Waals surface area contributed by atoms with Gasteiger partial charge in [0.1, 0.15) is 5.69 Å². The Morgan fingerprint density at radius 2 is 1.61 bits per heavy atom. The van der Waals surface area contributed by atoms with Crippen LogP contribution in [0.2, 0.25) is 0 Å². The molecule has 6 nitrogen and oxygen atoms in total. The number of aryl methyl sites for hydroxylation is 2. The van der Waals surface area contributed by atoms with Gasteiger partial charge >= 0.3 is 0 Å². The highest BCUT2D eigenvalue weighted by Gasteiger charge is 2.19. The van der Waals surface area contributed by atoms with Crippen molar-refractivity contribution in [3.63, 3.8) is 0 Å². The maximum Gasteiger partial charge on any atom is 0.293 e. The summed E-state index contributed by atoms with van der Waals surface area (Å²) in [6.07, 6.45) is 4.50. The normalized spacial score (nSPS) is 10.5. The summed E-state index contributed by atoms with van der Waals surface area (Å²) >= 11 is 0. The van der Waals surface area contributed by atoms with Crippen LogP contribution in [0.25, 0.3) is 0 Å². The van der Waals surface area contributed by atoms with Crippen LogP contribution < -0.4 is 9.88 Å². The minimum absolute atomic E-state index is 0.0791. The monoisotopic (exact) mass is 376 g/mol. The van der Waals surface area contributed by atoms with Crippen molar-refractivity contribution in [2.24, 2.45) is 0 Å². The number of aromatic nitrogens is 1. The Bertz CT molecular complexity index is 1000. The lowest BCUT2D eigenvalue weighted by Gasteiger charge is -2.08. The number of carbonyl (C=O) groups excluding carboxylic acids is 1. The molecule has 1 N–H and O–H groups in total. The van der Waals surface area contributed by atoms with E-state index in [1.165, 1.54) is 11.6 Å². The molecule has 0 aliphatic heterocycles. The highest BCUT2D eigenvalue weighted by Crippen LogP contribution is 2.27. The number of nitrogens with one attached hydrogen (secondary N) is 1. The van der Waals surface area contributed by atoms with Gasteiger partial charge in [-0.1, -0.05) is 30.3 Å². The predicted molar refractivity (Wildman–Crippen MR) is 107 cm³/mol. The second-order valence-corrected chi connectivity index (χ2v) is 6.80. The molecule has 0 bridgehead atoms. The Kier molecular flexibility index (Phi) is 5.79. The standard InChI is InChI=1S/C22H21N3O3/c1-16-12-20(21(25(27)28)13-17(16)2)23-22(26)15-24-10-8-19(9-11-24)14-18-6-4-3-5-7-18/h3-13H,14-15H2,1-2H3/p+1. The molecule has 0 atom stereocenters. The Hall–Kier alpha value is -3.54. The summed E-state index contributed by atoms with van der Waals surface area (Å²) in [6.45, 7) is 3.74. The van der Waals surface area contributed by atoms with Crippen LogP contribution in [0.4, 0.5) is 11.4 Å². The summed E-state index contributed by atoms with van der Waals surface area (Å²) in [5.41, 5.74) is 4.19. The van der Waals surface area contributed by atoms with Crippen LogP contribution in [0.3, 0.4) is 0 Å². The average molecular weight is 376 g/mol. The van der Waals surface area contributed by atoms with Gasteiger partial charge in [0.05, 0.1) is 4.92 Å². The van der Waals surface area contributed by atoms with Crippen LogP contribution >= 0.6 is 0 Å². The number of hydrogen-bond acceptors (Lipinski definition) is 3. The summed E-state index contributed by atoms with van der Waals surface area (Å²) in [5, 5.41) is 13.9. The van der Waals surface area contributed by atoms with Crippen LogP contribution in [0, 0.1) is 24.0 Å².